The number of ether oxygens (including phenoxy) is 1. The predicted octanol–water partition coefficient (Wildman–Crippen LogP) is 2.51. The van der Waals surface area contributed by atoms with E-state index in [1.54, 1.807) is 7.11 Å². The van der Waals surface area contributed by atoms with E-state index in [9.17, 15) is 0 Å². The molecule has 1 atom stereocenters. The van der Waals surface area contributed by atoms with Gasteiger partial charge in [-0.1, -0.05) is 34.6 Å². The van der Waals surface area contributed by atoms with Crippen LogP contribution in [0.5, 0.6) is 0 Å². The van der Waals surface area contributed by atoms with E-state index in [2.05, 4.69) is 44.8 Å². The lowest BCUT2D eigenvalue weighted by Crippen LogP contribution is -2.66. The second kappa shape index (κ2) is 6.36. The highest BCUT2D eigenvalue weighted by Gasteiger charge is 2.40. The van der Waals surface area contributed by atoms with Crippen molar-refractivity contribution < 1.29 is 4.74 Å². The monoisotopic (exact) mass is 256 g/mol. The summed E-state index contributed by atoms with van der Waals surface area (Å²) in [6, 6.07) is 0.596. The molecule has 1 aliphatic heterocycles. The molecule has 0 aromatic heterocycles. The van der Waals surface area contributed by atoms with E-state index in [4.69, 9.17) is 4.74 Å². The lowest BCUT2D eigenvalue weighted by atomic mass is 9.80. The molecular weight excluding hydrogens is 224 g/mol. The molecule has 1 rings (SSSR count). The maximum Gasteiger partial charge on any atom is 0.0589 e. The van der Waals surface area contributed by atoms with Crippen LogP contribution in [0.3, 0.4) is 0 Å². The molecule has 0 bridgehead atoms. The van der Waals surface area contributed by atoms with E-state index in [1.165, 1.54) is 12.8 Å². The molecule has 18 heavy (non-hydrogen) atoms. The van der Waals surface area contributed by atoms with E-state index in [0.717, 1.165) is 26.2 Å². The van der Waals surface area contributed by atoms with Gasteiger partial charge in [0.25, 0.3) is 0 Å². The maximum atomic E-state index is 5.28. The molecule has 3 heteroatoms. The van der Waals surface area contributed by atoms with Gasteiger partial charge in [-0.05, 0) is 18.3 Å². The first-order valence-electron chi connectivity index (χ1n) is 7.36. The highest BCUT2D eigenvalue weighted by atomic mass is 16.5. The van der Waals surface area contributed by atoms with Crippen molar-refractivity contribution in [2.24, 2.45) is 5.41 Å². The zero-order valence-corrected chi connectivity index (χ0v) is 13.2. The van der Waals surface area contributed by atoms with Gasteiger partial charge in [0.2, 0.25) is 0 Å². The molecule has 3 nitrogen and oxygen atoms in total. The number of piperazine rings is 1. The first-order valence-corrected chi connectivity index (χ1v) is 7.36. The molecule has 1 heterocycles. The Morgan fingerprint density at radius 3 is 2.33 bits per heavy atom. The third kappa shape index (κ3) is 3.69. The SMILES string of the molecule is CCC1(CC)CN(CCOC)C(C(C)(C)C)CN1. The normalized spacial score (nSPS) is 25.3. The molecule has 0 aliphatic carbocycles. The van der Waals surface area contributed by atoms with Crippen LogP contribution >= 0.6 is 0 Å². The van der Waals surface area contributed by atoms with Crippen molar-refractivity contribution in [2.75, 3.05) is 33.4 Å². The van der Waals surface area contributed by atoms with Gasteiger partial charge in [-0.25, -0.2) is 0 Å². The van der Waals surface area contributed by atoms with Gasteiger partial charge in [0.15, 0.2) is 0 Å². The van der Waals surface area contributed by atoms with E-state index >= 15 is 0 Å². The minimum absolute atomic E-state index is 0.301. The van der Waals surface area contributed by atoms with E-state index in [-0.39, 0.29) is 0 Å². The van der Waals surface area contributed by atoms with Gasteiger partial charge in [-0.3, -0.25) is 4.90 Å². The van der Waals surface area contributed by atoms with Gasteiger partial charge >= 0.3 is 0 Å². The quantitative estimate of drug-likeness (QED) is 0.818. The summed E-state index contributed by atoms with van der Waals surface area (Å²) in [4.78, 5) is 2.63. The summed E-state index contributed by atoms with van der Waals surface area (Å²) in [5.41, 5.74) is 0.615. The van der Waals surface area contributed by atoms with Crippen molar-refractivity contribution >= 4 is 0 Å². The van der Waals surface area contributed by atoms with Crippen molar-refractivity contribution in [2.45, 2.75) is 59.0 Å². The maximum absolute atomic E-state index is 5.28. The zero-order valence-electron chi connectivity index (χ0n) is 13.2. The van der Waals surface area contributed by atoms with Crippen molar-refractivity contribution in [3.63, 3.8) is 0 Å². The molecule has 0 aromatic rings. The van der Waals surface area contributed by atoms with Crippen molar-refractivity contribution in [1.82, 2.24) is 10.2 Å². The van der Waals surface area contributed by atoms with E-state index < -0.39 is 0 Å². The summed E-state index contributed by atoms with van der Waals surface area (Å²) in [6.07, 6.45) is 2.40. The van der Waals surface area contributed by atoms with Crippen molar-refractivity contribution in [3.05, 3.63) is 0 Å². The molecule has 0 radical (unpaired) electrons. The molecule has 1 saturated heterocycles. The lowest BCUT2D eigenvalue weighted by molar-refractivity contribution is 0.00411. The summed E-state index contributed by atoms with van der Waals surface area (Å²) in [6.45, 7) is 15.7. The number of hydrogen-bond donors (Lipinski definition) is 1. The first-order chi connectivity index (χ1) is 8.38. The third-order valence-corrected chi connectivity index (χ3v) is 4.55. The Morgan fingerprint density at radius 1 is 1.28 bits per heavy atom. The topological polar surface area (TPSA) is 24.5 Å². The van der Waals surface area contributed by atoms with Crippen LogP contribution in [0.2, 0.25) is 0 Å². The molecule has 0 saturated carbocycles. The minimum atomic E-state index is 0.301. The van der Waals surface area contributed by atoms with Gasteiger partial charge in [-0.15, -0.1) is 0 Å². The van der Waals surface area contributed by atoms with Gasteiger partial charge in [0.05, 0.1) is 6.61 Å². The summed E-state index contributed by atoms with van der Waals surface area (Å²) in [7, 11) is 1.79. The Balaban J connectivity index is 2.78. The number of nitrogens with one attached hydrogen (secondary N) is 1. The Morgan fingerprint density at radius 2 is 1.89 bits per heavy atom. The molecular formula is C15H32N2O. The van der Waals surface area contributed by atoms with Crippen LogP contribution in [0.15, 0.2) is 0 Å². The minimum Gasteiger partial charge on any atom is -0.383 e. The van der Waals surface area contributed by atoms with E-state index in [0.29, 0.717) is 17.0 Å². The van der Waals surface area contributed by atoms with Crippen LogP contribution in [0, 0.1) is 5.41 Å². The summed E-state index contributed by atoms with van der Waals surface area (Å²) in [5, 5.41) is 3.81. The summed E-state index contributed by atoms with van der Waals surface area (Å²) >= 11 is 0. The second-order valence-corrected chi connectivity index (χ2v) is 6.71. The molecule has 0 aromatic carbocycles. The summed E-state index contributed by atoms with van der Waals surface area (Å²) < 4.78 is 5.28. The van der Waals surface area contributed by atoms with Crippen LogP contribution in [0.25, 0.3) is 0 Å². The zero-order chi connectivity index (χ0) is 13.8. The average molecular weight is 256 g/mol. The Labute approximate surface area is 113 Å². The van der Waals surface area contributed by atoms with Gasteiger partial charge in [0.1, 0.15) is 0 Å². The van der Waals surface area contributed by atoms with Gasteiger partial charge < -0.3 is 10.1 Å². The number of nitrogens with zero attached hydrogens (tertiary/aromatic N) is 1. The Hall–Kier alpha value is -0.120. The predicted molar refractivity (Wildman–Crippen MR) is 78.0 cm³/mol. The number of rotatable bonds is 5. The van der Waals surface area contributed by atoms with Crippen LogP contribution in [0.4, 0.5) is 0 Å². The molecule has 0 spiro atoms. The van der Waals surface area contributed by atoms with Crippen LogP contribution < -0.4 is 5.32 Å². The Bertz CT molecular complexity index is 243. The number of methoxy groups -OCH3 is 1. The lowest BCUT2D eigenvalue weighted by Gasteiger charge is -2.51. The van der Waals surface area contributed by atoms with Crippen molar-refractivity contribution in [1.29, 1.82) is 0 Å². The second-order valence-electron chi connectivity index (χ2n) is 6.71. The highest BCUT2D eigenvalue weighted by molar-refractivity contribution is 4.99. The molecule has 0 amide bonds. The fraction of sp³-hybridized carbons (Fsp3) is 1.00. The molecule has 108 valence electrons. The van der Waals surface area contributed by atoms with E-state index in [1.807, 2.05) is 0 Å². The summed E-state index contributed by atoms with van der Waals surface area (Å²) in [5.74, 6) is 0. The fourth-order valence-electron chi connectivity index (χ4n) is 3.02. The number of hydrogen-bond acceptors (Lipinski definition) is 3. The highest BCUT2D eigenvalue weighted by Crippen LogP contribution is 2.31. The van der Waals surface area contributed by atoms with Gasteiger partial charge in [0, 0.05) is 38.3 Å². The largest absolute Gasteiger partial charge is 0.383 e. The molecule has 1 fully saturated rings. The third-order valence-electron chi connectivity index (χ3n) is 4.55. The molecule has 1 N–H and O–H groups in total. The fourth-order valence-corrected chi connectivity index (χ4v) is 3.02. The Kier molecular flexibility index (Phi) is 5.63. The van der Waals surface area contributed by atoms with Crippen LogP contribution in [-0.4, -0.2) is 49.8 Å². The average Bonchev–Trinajstić information content (AvgIpc) is 2.34. The molecule has 1 aliphatic rings. The molecule has 1 unspecified atom stereocenters. The van der Waals surface area contributed by atoms with Gasteiger partial charge in [-0.2, -0.15) is 0 Å². The smallest absolute Gasteiger partial charge is 0.0589 e. The standard InChI is InChI=1S/C15H32N2O/c1-7-15(8-2)12-17(9-10-18-6)13(11-16-15)14(3,4)5/h13,16H,7-12H2,1-6H3. The van der Waals surface area contributed by atoms with Crippen LogP contribution in [-0.2, 0) is 4.74 Å². The van der Waals surface area contributed by atoms with Crippen LogP contribution in [0.1, 0.15) is 47.5 Å². The van der Waals surface area contributed by atoms with Crippen molar-refractivity contribution in [3.8, 4) is 0 Å². The first kappa shape index (κ1) is 15.9.